The third-order valence-corrected chi connectivity index (χ3v) is 6.05. The van der Waals surface area contributed by atoms with E-state index in [0.717, 1.165) is 5.56 Å². The number of benzene rings is 3. The Bertz CT molecular complexity index is 1130. The third kappa shape index (κ3) is 5.13. The molecule has 0 spiro atoms. The van der Waals surface area contributed by atoms with Gasteiger partial charge in [-0.25, -0.2) is 8.42 Å². The van der Waals surface area contributed by atoms with E-state index in [-0.39, 0.29) is 17.1 Å². The molecule has 0 saturated carbocycles. The Labute approximate surface area is 169 Å². The SMILES string of the molecule is CN(Cc1ccccc1)S(=O)(=O)c1ccc(N=Cc2cccc([N+](=O)[O-])c2)cc1. The number of hydrogen-bond donors (Lipinski definition) is 0. The minimum Gasteiger partial charge on any atom is -0.258 e. The van der Waals surface area contributed by atoms with Crippen molar-refractivity contribution in [1.29, 1.82) is 0 Å². The number of nitro groups is 1. The Morgan fingerprint density at radius 1 is 1.00 bits per heavy atom. The summed E-state index contributed by atoms with van der Waals surface area (Å²) in [4.78, 5) is 14.8. The van der Waals surface area contributed by atoms with E-state index in [9.17, 15) is 18.5 Å². The smallest absolute Gasteiger partial charge is 0.258 e. The first-order valence-corrected chi connectivity index (χ1v) is 10.2. The van der Waals surface area contributed by atoms with E-state index in [0.29, 0.717) is 11.3 Å². The average Bonchev–Trinajstić information content (AvgIpc) is 2.73. The van der Waals surface area contributed by atoms with Gasteiger partial charge in [0, 0.05) is 31.9 Å². The largest absolute Gasteiger partial charge is 0.270 e. The highest BCUT2D eigenvalue weighted by atomic mass is 32.2. The van der Waals surface area contributed by atoms with Crippen LogP contribution in [0.3, 0.4) is 0 Å². The highest BCUT2D eigenvalue weighted by Gasteiger charge is 2.20. The molecule has 0 unspecified atom stereocenters. The zero-order valence-corrected chi connectivity index (χ0v) is 16.5. The Balaban J connectivity index is 1.73. The summed E-state index contributed by atoms with van der Waals surface area (Å²) in [5, 5.41) is 10.8. The van der Waals surface area contributed by atoms with Crippen LogP contribution in [0.1, 0.15) is 11.1 Å². The second-order valence-electron chi connectivity index (χ2n) is 6.35. The molecule has 0 heterocycles. The van der Waals surface area contributed by atoms with Gasteiger partial charge in [0.2, 0.25) is 10.0 Å². The molecule has 7 nitrogen and oxygen atoms in total. The van der Waals surface area contributed by atoms with Crippen molar-refractivity contribution < 1.29 is 13.3 Å². The normalized spacial score (nSPS) is 11.8. The molecule has 0 atom stereocenters. The molecule has 3 aromatic carbocycles. The molecular weight excluding hydrogens is 390 g/mol. The van der Waals surface area contributed by atoms with Crippen LogP contribution in [0.5, 0.6) is 0 Å². The fraction of sp³-hybridized carbons (Fsp3) is 0.0952. The zero-order chi connectivity index (χ0) is 20.9. The molecule has 0 fully saturated rings. The number of rotatable bonds is 7. The van der Waals surface area contributed by atoms with Gasteiger partial charge in [0.1, 0.15) is 0 Å². The van der Waals surface area contributed by atoms with Crippen LogP contribution < -0.4 is 0 Å². The number of aliphatic imine (C=N–C) groups is 1. The molecule has 0 amide bonds. The minimum absolute atomic E-state index is 0.0168. The van der Waals surface area contributed by atoms with Crippen LogP contribution >= 0.6 is 0 Å². The first kappa shape index (κ1) is 20.4. The number of nitrogens with zero attached hydrogens (tertiary/aromatic N) is 3. The van der Waals surface area contributed by atoms with Crippen molar-refractivity contribution in [2.45, 2.75) is 11.4 Å². The Hall–Kier alpha value is -3.36. The van der Waals surface area contributed by atoms with Crippen LogP contribution in [-0.4, -0.2) is 30.9 Å². The monoisotopic (exact) mass is 409 g/mol. The third-order valence-electron chi connectivity index (χ3n) is 4.24. The number of sulfonamides is 1. The second-order valence-corrected chi connectivity index (χ2v) is 8.40. The van der Waals surface area contributed by atoms with Crippen molar-refractivity contribution in [2.75, 3.05) is 7.05 Å². The molecule has 0 aromatic heterocycles. The molecule has 3 rings (SSSR count). The van der Waals surface area contributed by atoms with Gasteiger partial charge in [0.25, 0.3) is 5.69 Å². The molecule has 0 aliphatic rings. The van der Waals surface area contributed by atoms with Crippen molar-refractivity contribution in [3.63, 3.8) is 0 Å². The molecule has 0 bridgehead atoms. The van der Waals surface area contributed by atoms with Gasteiger partial charge in [-0.15, -0.1) is 0 Å². The van der Waals surface area contributed by atoms with Gasteiger partial charge in [0.05, 0.1) is 15.5 Å². The predicted octanol–water partition coefficient (Wildman–Crippen LogP) is 4.17. The lowest BCUT2D eigenvalue weighted by atomic mass is 10.2. The van der Waals surface area contributed by atoms with E-state index in [1.165, 1.54) is 41.8 Å². The maximum absolute atomic E-state index is 12.8. The van der Waals surface area contributed by atoms with Crippen LogP contribution in [0.2, 0.25) is 0 Å². The second kappa shape index (κ2) is 8.76. The number of non-ortho nitro benzene ring substituents is 1. The number of hydrogen-bond acceptors (Lipinski definition) is 5. The van der Waals surface area contributed by atoms with Gasteiger partial charge in [-0.2, -0.15) is 4.31 Å². The van der Waals surface area contributed by atoms with E-state index in [1.807, 2.05) is 30.3 Å². The molecule has 0 aliphatic carbocycles. The summed E-state index contributed by atoms with van der Waals surface area (Å²) in [5.41, 5.74) is 2.01. The van der Waals surface area contributed by atoms with E-state index in [1.54, 1.807) is 24.3 Å². The molecule has 29 heavy (non-hydrogen) atoms. The zero-order valence-electron chi connectivity index (χ0n) is 15.7. The lowest BCUT2D eigenvalue weighted by Gasteiger charge is -2.17. The summed E-state index contributed by atoms with van der Waals surface area (Å²) >= 11 is 0. The Morgan fingerprint density at radius 2 is 1.69 bits per heavy atom. The molecule has 0 aliphatic heterocycles. The first-order valence-electron chi connectivity index (χ1n) is 8.75. The van der Waals surface area contributed by atoms with Gasteiger partial charge in [-0.3, -0.25) is 15.1 Å². The molecule has 3 aromatic rings. The van der Waals surface area contributed by atoms with Crippen molar-refractivity contribution in [3.05, 3.63) is 100 Å². The minimum atomic E-state index is -3.63. The van der Waals surface area contributed by atoms with Crippen LogP contribution in [0.15, 0.2) is 88.8 Å². The van der Waals surface area contributed by atoms with Crippen LogP contribution in [0, 0.1) is 10.1 Å². The van der Waals surface area contributed by atoms with Gasteiger partial charge in [-0.1, -0.05) is 42.5 Å². The highest BCUT2D eigenvalue weighted by Crippen LogP contribution is 2.21. The maximum atomic E-state index is 12.8. The summed E-state index contributed by atoms with van der Waals surface area (Å²) in [6.45, 7) is 0.274. The van der Waals surface area contributed by atoms with E-state index >= 15 is 0 Å². The maximum Gasteiger partial charge on any atom is 0.270 e. The summed E-state index contributed by atoms with van der Waals surface area (Å²) in [6.07, 6.45) is 1.50. The van der Waals surface area contributed by atoms with Crippen molar-refractivity contribution >= 4 is 27.6 Å². The quantitative estimate of drug-likeness (QED) is 0.333. The molecule has 8 heteroatoms. The summed E-state index contributed by atoms with van der Waals surface area (Å²) in [5.74, 6) is 0. The first-order chi connectivity index (χ1) is 13.9. The molecule has 148 valence electrons. The Morgan fingerprint density at radius 3 is 2.34 bits per heavy atom. The van der Waals surface area contributed by atoms with Crippen LogP contribution in [-0.2, 0) is 16.6 Å². The van der Waals surface area contributed by atoms with E-state index in [2.05, 4.69) is 4.99 Å². The van der Waals surface area contributed by atoms with Crippen LogP contribution in [0.4, 0.5) is 11.4 Å². The fourth-order valence-electron chi connectivity index (χ4n) is 2.68. The van der Waals surface area contributed by atoms with Crippen LogP contribution in [0.25, 0.3) is 0 Å². The number of nitro benzene ring substituents is 1. The summed E-state index contributed by atoms with van der Waals surface area (Å²) in [7, 11) is -2.09. The van der Waals surface area contributed by atoms with Crippen molar-refractivity contribution in [2.24, 2.45) is 4.99 Å². The van der Waals surface area contributed by atoms with Crippen molar-refractivity contribution in [1.82, 2.24) is 4.31 Å². The molecule has 0 radical (unpaired) electrons. The van der Waals surface area contributed by atoms with E-state index < -0.39 is 14.9 Å². The Kier molecular flexibility index (Phi) is 6.16. The standard InChI is InChI=1S/C21H19N3O4S/c1-23(16-17-6-3-2-4-7-17)29(27,28)21-12-10-19(11-13-21)22-15-18-8-5-9-20(14-18)24(25)26/h2-15H,16H2,1H3. The molecular formula is C21H19N3O4S. The van der Waals surface area contributed by atoms with Gasteiger partial charge >= 0.3 is 0 Å². The lowest BCUT2D eigenvalue weighted by molar-refractivity contribution is -0.384. The highest BCUT2D eigenvalue weighted by molar-refractivity contribution is 7.89. The molecule has 0 saturated heterocycles. The summed E-state index contributed by atoms with van der Waals surface area (Å²) in [6, 6.07) is 21.6. The fourth-order valence-corrected chi connectivity index (χ4v) is 3.84. The topological polar surface area (TPSA) is 92.9 Å². The van der Waals surface area contributed by atoms with Gasteiger partial charge in [0.15, 0.2) is 0 Å². The molecule has 0 N–H and O–H groups in total. The van der Waals surface area contributed by atoms with Gasteiger partial charge < -0.3 is 0 Å². The predicted molar refractivity (Wildman–Crippen MR) is 112 cm³/mol. The average molecular weight is 409 g/mol. The van der Waals surface area contributed by atoms with Gasteiger partial charge in [-0.05, 0) is 35.4 Å². The van der Waals surface area contributed by atoms with E-state index in [4.69, 9.17) is 0 Å². The van der Waals surface area contributed by atoms with Crippen molar-refractivity contribution in [3.8, 4) is 0 Å². The lowest BCUT2D eigenvalue weighted by Crippen LogP contribution is -2.26. The summed E-state index contributed by atoms with van der Waals surface area (Å²) < 4.78 is 26.8.